The molecule has 0 aliphatic carbocycles. The Morgan fingerprint density at radius 1 is 1.33 bits per heavy atom. The number of alkyl halides is 1. The summed E-state index contributed by atoms with van der Waals surface area (Å²) in [7, 11) is 0. The van der Waals surface area contributed by atoms with Gasteiger partial charge in [0, 0.05) is 5.56 Å². The van der Waals surface area contributed by atoms with Crippen LogP contribution >= 0.6 is 15.9 Å². The zero-order valence-corrected chi connectivity index (χ0v) is 9.40. The van der Waals surface area contributed by atoms with Crippen molar-refractivity contribution >= 4 is 21.7 Å². The Bertz CT molecular complexity index is 464. The molecule has 3 nitrogen and oxygen atoms in total. The molecule has 0 aliphatic heterocycles. The van der Waals surface area contributed by atoms with E-state index in [9.17, 15) is 4.79 Å². The van der Waals surface area contributed by atoms with Crippen LogP contribution in [0.25, 0.3) is 11.3 Å². The highest BCUT2D eigenvalue weighted by atomic mass is 79.9. The molecule has 1 aromatic heterocycles. The normalized spacial score (nSPS) is 10.2. The maximum atomic E-state index is 11.5. The quantitative estimate of drug-likeness (QED) is 0.633. The van der Waals surface area contributed by atoms with Crippen molar-refractivity contribution in [1.29, 1.82) is 0 Å². The van der Waals surface area contributed by atoms with Gasteiger partial charge in [-0.1, -0.05) is 51.4 Å². The number of ketones is 1. The van der Waals surface area contributed by atoms with E-state index in [0.29, 0.717) is 11.3 Å². The van der Waals surface area contributed by atoms with Crippen LogP contribution in [0.3, 0.4) is 0 Å². The molecule has 0 atom stereocenters. The zero-order chi connectivity index (χ0) is 10.7. The van der Waals surface area contributed by atoms with Gasteiger partial charge in [0.2, 0.25) is 0 Å². The minimum absolute atomic E-state index is 0.0323. The molecule has 4 heteroatoms. The fraction of sp³-hybridized carbons (Fsp3) is 0.0909. The molecule has 15 heavy (non-hydrogen) atoms. The number of carbonyl (C=O) groups excluding carboxylic acids is 1. The highest BCUT2D eigenvalue weighted by molar-refractivity contribution is 9.09. The summed E-state index contributed by atoms with van der Waals surface area (Å²) >= 11 is 3.12. The third kappa shape index (κ3) is 1.99. The molecule has 76 valence electrons. The van der Waals surface area contributed by atoms with Crippen LogP contribution in [-0.2, 0) is 0 Å². The van der Waals surface area contributed by atoms with Crippen LogP contribution in [0.2, 0.25) is 0 Å². The van der Waals surface area contributed by atoms with Crippen molar-refractivity contribution in [3.8, 4) is 11.3 Å². The monoisotopic (exact) mass is 265 g/mol. The predicted molar refractivity (Wildman–Crippen MR) is 60.1 cm³/mol. The lowest BCUT2D eigenvalue weighted by Gasteiger charge is -1.97. The lowest BCUT2D eigenvalue weighted by Crippen LogP contribution is -2.00. The van der Waals surface area contributed by atoms with Crippen LogP contribution in [0.4, 0.5) is 0 Å². The summed E-state index contributed by atoms with van der Waals surface area (Å²) in [6, 6.07) is 9.49. The molecule has 2 rings (SSSR count). The summed E-state index contributed by atoms with van der Waals surface area (Å²) in [5.74, 6) is -0.0323. The van der Waals surface area contributed by atoms with Gasteiger partial charge in [0.25, 0.3) is 0 Å². The topological polar surface area (TPSA) is 43.1 Å². The van der Waals surface area contributed by atoms with Gasteiger partial charge < -0.3 is 4.52 Å². The number of benzene rings is 1. The predicted octanol–water partition coefficient (Wildman–Crippen LogP) is 2.92. The zero-order valence-electron chi connectivity index (χ0n) is 7.81. The van der Waals surface area contributed by atoms with E-state index < -0.39 is 0 Å². The van der Waals surface area contributed by atoms with Gasteiger partial charge in [-0.2, -0.15) is 0 Å². The number of hydrogen-bond donors (Lipinski definition) is 0. The summed E-state index contributed by atoms with van der Waals surface area (Å²) in [6.07, 6.45) is 1.38. The molecular formula is C11H8BrNO2. The van der Waals surface area contributed by atoms with Gasteiger partial charge in [0.1, 0.15) is 12.0 Å². The standard InChI is InChI=1S/C11H8BrNO2/c12-6-10(14)9-7-15-13-11(9)8-4-2-1-3-5-8/h1-5,7H,6H2. The van der Waals surface area contributed by atoms with Gasteiger partial charge in [-0.15, -0.1) is 0 Å². The van der Waals surface area contributed by atoms with Crippen molar-refractivity contribution in [1.82, 2.24) is 5.16 Å². The summed E-state index contributed by atoms with van der Waals surface area (Å²) in [4.78, 5) is 11.5. The molecule has 0 amide bonds. The molecule has 0 aliphatic rings. The van der Waals surface area contributed by atoms with E-state index in [1.807, 2.05) is 30.3 Å². The molecule has 0 radical (unpaired) electrons. The van der Waals surface area contributed by atoms with Gasteiger partial charge in [0.05, 0.1) is 10.9 Å². The Morgan fingerprint density at radius 2 is 2.07 bits per heavy atom. The first-order valence-electron chi connectivity index (χ1n) is 4.42. The lowest BCUT2D eigenvalue weighted by atomic mass is 10.1. The minimum Gasteiger partial charge on any atom is -0.363 e. The molecule has 1 aromatic carbocycles. The average molecular weight is 266 g/mol. The Morgan fingerprint density at radius 3 is 2.73 bits per heavy atom. The third-order valence-electron chi connectivity index (χ3n) is 2.04. The van der Waals surface area contributed by atoms with E-state index in [1.165, 1.54) is 6.26 Å². The second-order valence-electron chi connectivity index (χ2n) is 3.00. The van der Waals surface area contributed by atoms with Crippen LogP contribution in [0, 0.1) is 0 Å². The molecule has 0 unspecified atom stereocenters. The number of halogens is 1. The van der Waals surface area contributed by atoms with Gasteiger partial charge in [0.15, 0.2) is 5.78 Å². The Balaban J connectivity index is 2.46. The van der Waals surface area contributed by atoms with Crippen molar-refractivity contribution in [2.24, 2.45) is 0 Å². The Labute approximate surface area is 95.2 Å². The molecule has 0 saturated carbocycles. The number of aromatic nitrogens is 1. The summed E-state index contributed by atoms with van der Waals surface area (Å²) in [5.41, 5.74) is 1.99. The van der Waals surface area contributed by atoms with Crippen LogP contribution < -0.4 is 0 Å². The van der Waals surface area contributed by atoms with Crippen LogP contribution in [0.5, 0.6) is 0 Å². The lowest BCUT2D eigenvalue weighted by molar-refractivity contribution is 0.102. The molecule has 0 saturated heterocycles. The fourth-order valence-corrected chi connectivity index (χ4v) is 1.61. The van der Waals surface area contributed by atoms with Gasteiger partial charge in [-0.25, -0.2) is 0 Å². The summed E-state index contributed by atoms with van der Waals surface area (Å²) in [6.45, 7) is 0. The first-order valence-corrected chi connectivity index (χ1v) is 5.54. The molecule has 0 spiro atoms. The van der Waals surface area contributed by atoms with Crippen molar-refractivity contribution in [2.45, 2.75) is 0 Å². The molecule has 0 fully saturated rings. The largest absolute Gasteiger partial charge is 0.363 e. The highest BCUT2D eigenvalue weighted by Gasteiger charge is 2.15. The Hall–Kier alpha value is -1.42. The number of Topliss-reactive ketones (excluding diaryl/α,β-unsaturated/α-hetero) is 1. The number of nitrogens with zero attached hydrogens (tertiary/aromatic N) is 1. The average Bonchev–Trinajstić information content (AvgIpc) is 2.78. The van der Waals surface area contributed by atoms with E-state index >= 15 is 0 Å². The number of hydrogen-bond acceptors (Lipinski definition) is 3. The van der Waals surface area contributed by atoms with Crippen molar-refractivity contribution < 1.29 is 9.32 Å². The maximum Gasteiger partial charge on any atom is 0.178 e. The summed E-state index contributed by atoms with van der Waals surface area (Å²) < 4.78 is 4.83. The SMILES string of the molecule is O=C(CBr)c1conc1-c1ccccc1. The van der Waals surface area contributed by atoms with Crippen LogP contribution in [-0.4, -0.2) is 16.3 Å². The molecule has 2 aromatic rings. The fourth-order valence-electron chi connectivity index (χ4n) is 1.31. The molecule has 0 N–H and O–H groups in total. The maximum absolute atomic E-state index is 11.5. The third-order valence-corrected chi connectivity index (χ3v) is 2.55. The van der Waals surface area contributed by atoms with Crippen LogP contribution in [0.1, 0.15) is 10.4 Å². The summed E-state index contributed by atoms with van der Waals surface area (Å²) in [5, 5.41) is 4.11. The first kappa shape index (κ1) is 10.1. The number of rotatable bonds is 3. The van der Waals surface area contributed by atoms with Crippen molar-refractivity contribution in [3.05, 3.63) is 42.2 Å². The van der Waals surface area contributed by atoms with E-state index in [2.05, 4.69) is 21.1 Å². The van der Waals surface area contributed by atoms with Crippen molar-refractivity contribution in [2.75, 3.05) is 5.33 Å². The molecule has 1 heterocycles. The van der Waals surface area contributed by atoms with E-state index in [1.54, 1.807) is 0 Å². The van der Waals surface area contributed by atoms with Gasteiger partial charge >= 0.3 is 0 Å². The van der Waals surface area contributed by atoms with Crippen LogP contribution in [0.15, 0.2) is 41.1 Å². The number of carbonyl (C=O) groups is 1. The minimum atomic E-state index is -0.0323. The molecular weight excluding hydrogens is 258 g/mol. The second-order valence-corrected chi connectivity index (χ2v) is 3.56. The van der Waals surface area contributed by atoms with Gasteiger partial charge in [-0.3, -0.25) is 4.79 Å². The Kier molecular flexibility index (Phi) is 2.97. The van der Waals surface area contributed by atoms with E-state index in [-0.39, 0.29) is 11.1 Å². The van der Waals surface area contributed by atoms with Gasteiger partial charge in [-0.05, 0) is 0 Å². The highest BCUT2D eigenvalue weighted by Crippen LogP contribution is 2.22. The smallest absolute Gasteiger partial charge is 0.178 e. The first-order chi connectivity index (χ1) is 7.33. The van der Waals surface area contributed by atoms with E-state index in [0.717, 1.165) is 5.56 Å². The van der Waals surface area contributed by atoms with Crippen molar-refractivity contribution in [3.63, 3.8) is 0 Å². The second kappa shape index (κ2) is 4.40. The molecule has 0 bridgehead atoms. The van der Waals surface area contributed by atoms with E-state index in [4.69, 9.17) is 4.52 Å².